The number of hydrogen-bond acceptors (Lipinski definition) is 6. The second-order valence-corrected chi connectivity index (χ2v) is 7.17. The van der Waals surface area contributed by atoms with Crippen molar-refractivity contribution in [3.63, 3.8) is 0 Å². The first kappa shape index (κ1) is 20.5. The van der Waals surface area contributed by atoms with E-state index in [2.05, 4.69) is 5.32 Å². The average Bonchev–Trinajstić information content (AvgIpc) is 3.08. The van der Waals surface area contributed by atoms with E-state index in [0.29, 0.717) is 30.5 Å². The molecule has 0 bridgehead atoms. The molecule has 160 valence electrons. The Bertz CT molecular complexity index is 1080. The van der Waals surface area contributed by atoms with Crippen molar-refractivity contribution in [1.29, 1.82) is 0 Å². The summed E-state index contributed by atoms with van der Waals surface area (Å²) in [6, 6.07) is 14.6. The van der Waals surface area contributed by atoms with E-state index in [1.807, 2.05) is 36.4 Å². The van der Waals surface area contributed by atoms with E-state index in [1.165, 1.54) is 6.08 Å². The molecule has 0 unspecified atom stereocenters. The third-order valence-corrected chi connectivity index (χ3v) is 4.78. The fourth-order valence-corrected chi connectivity index (χ4v) is 3.20. The zero-order chi connectivity index (χ0) is 21.6. The Morgan fingerprint density at radius 3 is 2.74 bits per heavy atom. The van der Waals surface area contributed by atoms with Gasteiger partial charge in [-0.25, -0.2) is 4.79 Å². The van der Waals surface area contributed by atoms with Crippen molar-refractivity contribution in [3.05, 3.63) is 65.9 Å². The van der Waals surface area contributed by atoms with Crippen LogP contribution in [-0.4, -0.2) is 31.7 Å². The van der Waals surface area contributed by atoms with Gasteiger partial charge in [-0.2, -0.15) is 0 Å². The van der Waals surface area contributed by atoms with E-state index in [1.54, 1.807) is 25.1 Å². The van der Waals surface area contributed by atoms with Crippen molar-refractivity contribution >= 4 is 28.9 Å². The van der Waals surface area contributed by atoms with Gasteiger partial charge in [0.25, 0.3) is 5.91 Å². The van der Waals surface area contributed by atoms with Gasteiger partial charge in [0, 0.05) is 17.9 Å². The largest absolute Gasteiger partial charge is 0.490 e. The summed E-state index contributed by atoms with van der Waals surface area (Å²) in [5.74, 6) is 0.943. The normalized spacial score (nSPS) is 14.2. The molecule has 7 nitrogen and oxygen atoms in total. The number of nitrogens with one attached hydrogen (secondary N) is 1. The van der Waals surface area contributed by atoms with Crippen LogP contribution in [0, 0.1) is 0 Å². The Hall–Kier alpha value is -3.74. The van der Waals surface area contributed by atoms with Crippen LogP contribution in [0.15, 0.2) is 59.0 Å². The van der Waals surface area contributed by atoms with Gasteiger partial charge in [0.05, 0.1) is 19.3 Å². The van der Waals surface area contributed by atoms with Gasteiger partial charge in [0.15, 0.2) is 18.1 Å². The first-order valence-corrected chi connectivity index (χ1v) is 10.1. The zero-order valence-corrected chi connectivity index (χ0v) is 17.1. The Balaban J connectivity index is 1.27. The molecular weight excluding hydrogens is 398 g/mol. The zero-order valence-electron chi connectivity index (χ0n) is 17.1. The van der Waals surface area contributed by atoms with E-state index >= 15 is 0 Å². The standard InChI is InChI=1S/C24H23NO6/c1-16(21-14-18-5-2-3-6-19(18)31-21)25-23(26)15-30-24(27)10-8-17-7-9-20-22(13-17)29-12-4-11-28-20/h2-3,5-10,13-14,16H,4,11-12,15H2,1H3,(H,25,26)/b10-8+/t16-/m1/s1. The van der Waals surface area contributed by atoms with E-state index in [0.717, 1.165) is 23.0 Å². The van der Waals surface area contributed by atoms with Crippen LogP contribution in [0.3, 0.4) is 0 Å². The lowest BCUT2D eigenvalue weighted by molar-refractivity contribution is -0.144. The molecule has 1 aliphatic rings. The number of furan rings is 1. The van der Waals surface area contributed by atoms with Gasteiger partial charge in [-0.1, -0.05) is 24.3 Å². The molecule has 4 rings (SSSR count). The molecule has 1 aliphatic heterocycles. The van der Waals surface area contributed by atoms with Gasteiger partial charge >= 0.3 is 5.97 Å². The molecule has 1 amide bonds. The van der Waals surface area contributed by atoms with Crippen LogP contribution in [0.5, 0.6) is 11.5 Å². The lowest BCUT2D eigenvalue weighted by Gasteiger charge is -2.11. The summed E-state index contributed by atoms with van der Waals surface area (Å²) in [5.41, 5.74) is 1.52. The van der Waals surface area contributed by atoms with E-state index < -0.39 is 11.9 Å². The van der Waals surface area contributed by atoms with Crippen LogP contribution in [0.1, 0.15) is 30.7 Å². The monoisotopic (exact) mass is 421 g/mol. The van der Waals surface area contributed by atoms with Crippen molar-refractivity contribution in [3.8, 4) is 11.5 Å². The number of carbonyl (C=O) groups is 2. The van der Waals surface area contributed by atoms with Gasteiger partial charge in [-0.05, 0) is 42.8 Å². The number of rotatable bonds is 6. The summed E-state index contributed by atoms with van der Waals surface area (Å²) >= 11 is 0. The van der Waals surface area contributed by atoms with Crippen molar-refractivity contribution in [1.82, 2.24) is 5.32 Å². The smallest absolute Gasteiger partial charge is 0.331 e. The maximum atomic E-state index is 12.1. The van der Waals surface area contributed by atoms with Gasteiger partial charge in [-0.15, -0.1) is 0 Å². The Labute approximate surface area is 179 Å². The SMILES string of the molecule is C[C@@H](NC(=O)COC(=O)/C=C/c1ccc2c(c1)OCCCO2)c1cc2ccccc2o1. The number of esters is 1. The Kier molecular flexibility index (Phi) is 6.21. The predicted octanol–water partition coefficient (Wildman–Crippen LogP) is 4.03. The first-order chi connectivity index (χ1) is 15.1. The molecule has 1 aromatic heterocycles. The number of benzene rings is 2. The summed E-state index contributed by atoms with van der Waals surface area (Å²) in [6.45, 7) is 2.63. The van der Waals surface area contributed by atoms with Crippen LogP contribution in [-0.2, 0) is 14.3 Å². The number of amides is 1. The maximum Gasteiger partial charge on any atom is 0.331 e. The number of ether oxygens (including phenoxy) is 3. The lowest BCUT2D eigenvalue weighted by atomic mass is 10.2. The predicted molar refractivity (Wildman–Crippen MR) is 115 cm³/mol. The van der Waals surface area contributed by atoms with E-state index in [-0.39, 0.29) is 12.6 Å². The molecule has 31 heavy (non-hydrogen) atoms. The molecule has 7 heteroatoms. The molecular formula is C24H23NO6. The average molecular weight is 421 g/mol. The number of hydrogen-bond donors (Lipinski definition) is 1. The van der Waals surface area contributed by atoms with Crippen LogP contribution >= 0.6 is 0 Å². The summed E-state index contributed by atoms with van der Waals surface area (Å²) < 4.78 is 22.0. The lowest BCUT2D eigenvalue weighted by Crippen LogP contribution is -2.30. The molecule has 1 N–H and O–H groups in total. The van der Waals surface area contributed by atoms with Crippen molar-refractivity contribution in [2.45, 2.75) is 19.4 Å². The molecule has 1 atom stereocenters. The molecule has 0 fully saturated rings. The second-order valence-electron chi connectivity index (χ2n) is 7.17. The first-order valence-electron chi connectivity index (χ1n) is 10.1. The van der Waals surface area contributed by atoms with Gasteiger partial charge in [0.1, 0.15) is 11.3 Å². The van der Waals surface area contributed by atoms with Crippen molar-refractivity contribution in [2.24, 2.45) is 0 Å². The van der Waals surface area contributed by atoms with Crippen LogP contribution in [0.25, 0.3) is 17.0 Å². The molecule has 0 saturated heterocycles. The minimum atomic E-state index is -0.612. The number of fused-ring (bicyclic) bond motifs is 2. The fourth-order valence-electron chi connectivity index (χ4n) is 3.20. The Morgan fingerprint density at radius 2 is 1.90 bits per heavy atom. The fraction of sp³-hybridized carbons (Fsp3) is 0.250. The highest BCUT2D eigenvalue weighted by molar-refractivity contribution is 5.89. The second kappa shape index (κ2) is 9.38. The topological polar surface area (TPSA) is 87.0 Å². The molecule has 0 spiro atoms. The van der Waals surface area contributed by atoms with Crippen LogP contribution in [0.4, 0.5) is 0 Å². The molecule has 2 aromatic carbocycles. The third-order valence-electron chi connectivity index (χ3n) is 4.78. The number of para-hydroxylation sites is 1. The minimum Gasteiger partial charge on any atom is -0.490 e. The van der Waals surface area contributed by atoms with Crippen LogP contribution in [0.2, 0.25) is 0 Å². The van der Waals surface area contributed by atoms with Crippen molar-refractivity contribution in [2.75, 3.05) is 19.8 Å². The Morgan fingerprint density at radius 1 is 1.10 bits per heavy atom. The van der Waals surface area contributed by atoms with Gasteiger partial charge < -0.3 is 23.9 Å². The number of carbonyl (C=O) groups excluding carboxylic acids is 2. The van der Waals surface area contributed by atoms with E-state index in [4.69, 9.17) is 18.6 Å². The highest BCUT2D eigenvalue weighted by Gasteiger charge is 2.15. The van der Waals surface area contributed by atoms with Crippen molar-refractivity contribution < 1.29 is 28.2 Å². The summed E-state index contributed by atoms with van der Waals surface area (Å²) in [7, 11) is 0. The molecule has 2 heterocycles. The van der Waals surface area contributed by atoms with Gasteiger partial charge in [0.2, 0.25) is 0 Å². The minimum absolute atomic E-state index is 0.351. The maximum absolute atomic E-state index is 12.1. The summed E-state index contributed by atoms with van der Waals surface area (Å²) in [4.78, 5) is 24.1. The van der Waals surface area contributed by atoms with E-state index in [9.17, 15) is 9.59 Å². The molecule has 3 aromatic rings. The highest BCUT2D eigenvalue weighted by Crippen LogP contribution is 2.30. The summed E-state index contributed by atoms with van der Waals surface area (Å²) in [6.07, 6.45) is 3.70. The van der Waals surface area contributed by atoms with Crippen LogP contribution < -0.4 is 14.8 Å². The van der Waals surface area contributed by atoms with Gasteiger partial charge in [-0.3, -0.25) is 4.79 Å². The summed E-state index contributed by atoms with van der Waals surface area (Å²) in [5, 5.41) is 3.72. The molecule has 0 saturated carbocycles. The quantitative estimate of drug-likeness (QED) is 0.478. The highest BCUT2D eigenvalue weighted by atomic mass is 16.5. The molecule has 0 radical (unpaired) electrons. The third kappa shape index (κ3) is 5.25. The molecule has 0 aliphatic carbocycles.